The molecular formula is C16H18FNO2. The van der Waals surface area contributed by atoms with E-state index in [1.807, 2.05) is 24.3 Å². The molecule has 0 aliphatic heterocycles. The molecule has 1 atom stereocenters. The fourth-order valence-electron chi connectivity index (χ4n) is 2.09. The van der Waals surface area contributed by atoms with E-state index >= 15 is 0 Å². The van der Waals surface area contributed by atoms with Crippen LogP contribution in [-0.4, -0.2) is 12.2 Å². The Morgan fingerprint density at radius 1 is 1.20 bits per heavy atom. The Balaban J connectivity index is 2.00. The summed E-state index contributed by atoms with van der Waals surface area (Å²) in [6.45, 7) is 0. The molecule has 0 fully saturated rings. The van der Waals surface area contributed by atoms with Crippen LogP contribution in [0.4, 0.5) is 10.1 Å². The van der Waals surface area contributed by atoms with E-state index < -0.39 is 11.9 Å². The van der Waals surface area contributed by atoms with Gasteiger partial charge in [-0.1, -0.05) is 12.1 Å². The van der Waals surface area contributed by atoms with Gasteiger partial charge in [0.25, 0.3) is 0 Å². The van der Waals surface area contributed by atoms with Gasteiger partial charge in [0.15, 0.2) is 0 Å². The Bertz CT molecular complexity index is 569. The normalized spacial score (nSPS) is 12.2. The second kappa shape index (κ2) is 6.39. The van der Waals surface area contributed by atoms with E-state index in [0.717, 1.165) is 11.3 Å². The number of nitrogen functional groups attached to an aromatic ring is 1. The van der Waals surface area contributed by atoms with Crippen LogP contribution in [0.5, 0.6) is 5.75 Å². The number of aryl methyl sites for hydroxylation is 1. The van der Waals surface area contributed by atoms with E-state index in [9.17, 15) is 9.50 Å². The molecule has 0 heterocycles. The second-order valence-corrected chi connectivity index (χ2v) is 4.68. The Morgan fingerprint density at radius 2 is 1.90 bits per heavy atom. The summed E-state index contributed by atoms with van der Waals surface area (Å²) in [5.41, 5.74) is 7.69. The lowest BCUT2D eigenvalue weighted by Crippen LogP contribution is -2.04. The molecule has 0 amide bonds. The molecule has 0 radical (unpaired) electrons. The molecule has 2 aromatic rings. The van der Waals surface area contributed by atoms with Gasteiger partial charge in [-0.15, -0.1) is 0 Å². The first-order valence-corrected chi connectivity index (χ1v) is 6.46. The molecule has 0 aromatic heterocycles. The van der Waals surface area contributed by atoms with Gasteiger partial charge in [-0.05, 0) is 48.7 Å². The number of ether oxygens (including phenoxy) is 1. The van der Waals surface area contributed by atoms with Gasteiger partial charge in [-0.2, -0.15) is 0 Å². The third kappa shape index (κ3) is 3.48. The van der Waals surface area contributed by atoms with Crippen molar-refractivity contribution in [3.8, 4) is 5.75 Å². The third-order valence-corrected chi connectivity index (χ3v) is 3.27. The molecule has 2 aromatic carbocycles. The van der Waals surface area contributed by atoms with Gasteiger partial charge < -0.3 is 15.6 Å². The van der Waals surface area contributed by atoms with Crippen molar-refractivity contribution in [3.05, 3.63) is 59.4 Å². The Hall–Kier alpha value is -2.07. The lowest BCUT2D eigenvalue weighted by molar-refractivity contribution is 0.168. The van der Waals surface area contributed by atoms with Crippen LogP contribution in [0, 0.1) is 5.82 Å². The van der Waals surface area contributed by atoms with E-state index in [-0.39, 0.29) is 0 Å². The summed E-state index contributed by atoms with van der Waals surface area (Å²) in [5, 5.41) is 10.1. The maximum atomic E-state index is 13.2. The van der Waals surface area contributed by atoms with Crippen molar-refractivity contribution in [3.63, 3.8) is 0 Å². The van der Waals surface area contributed by atoms with Crippen molar-refractivity contribution >= 4 is 5.69 Å². The van der Waals surface area contributed by atoms with Gasteiger partial charge in [0.05, 0.1) is 13.2 Å². The van der Waals surface area contributed by atoms with Crippen LogP contribution >= 0.6 is 0 Å². The molecule has 3 nitrogen and oxygen atoms in total. The summed E-state index contributed by atoms with van der Waals surface area (Å²) in [4.78, 5) is 0. The molecule has 2 rings (SSSR count). The number of anilines is 1. The number of benzene rings is 2. The summed E-state index contributed by atoms with van der Waals surface area (Å²) < 4.78 is 18.3. The van der Waals surface area contributed by atoms with Crippen LogP contribution in [0.15, 0.2) is 42.5 Å². The molecule has 3 N–H and O–H groups in total. The quantitative estimate of drug-likeness (QED) is 0.824. The smallest absolute Gasteiger partial charge is 0.123 e. The molecule has 4 heteroatoms. The highest BCUT2D eigenvalue weighted by molar-refractivity contribution is 5.48. The first kappa shape index (κ1) is 14.3. The molecule has 0 saturated carbocycles. The second-order valence-electron chi connectivity index (χ2n) is 4.68. The first-order chi connectivity index (χ1) is 9.60. The number of aliphatic hydroxyl groups excluding tert-OH is 1. The summed E-state index contributed by atoms with van der Waals surface area (Å²) in [6, 6.07) is 11.7. The Kier molecular flexibility index (Phi) is 4.58. The van der Waals surface area contributed by atoms with Gasteiger partial charge in [0.2, 0.25) is 0 Å². The van der Waals surface area contributed by atoms with Gasteiger partial charge in [0, 0.05) is 11.3 Å². The molecule has 0 aliphatic rings. The Morgan fingerprint density at radius 3 is 2.55 bits per heavy atom. The number of nitrogens with two attached hydrogens (primary N) is 1. The molecule has 0 saturated heterocycles. The SMILES string of the molecule is COc1ccc(CCC(O)c2cc(F)ccc2N)cc1. The molecule has 20 heavy (non-hydrogen) atoms. The number of hydrogen-bond donors (Lipinski definition) is 2. The van der Waals surface area contributed by atoms with Crippen LogP contribution in [-0.2, 0) is 6.42 Å². The topological polar surface area (TPSA) is 55.5 Å². The average Bonchev–Trinajstić information content (AvgIpc) is 2.47. The monoisotopic (exact) mass is 275 g/mol. The molecular weight excluding hydrogens is 257 g/mol. The molecule has 1 unspecified atom stereocenters. The number of halogens is 1. The summed E-state index contributed by atoms with van der Waals surface area (Å²) in [5.74, 6) is 0.404. The van der Waals surface area contributed by atoms with Crippen molar-refractivity contribution in [1.29, 1.82) is 0 Å². The van der Waals surface area contributed by atoms with Crippen molar-refractivity contribution < 1.29 is 14.2 Å². The van der Waals surface area contributed by atoms with E-state index in [1.54, 1.807) is 7.11 Å². The van der Waals surface area contributed by atoms with E-state index in [0.29, 0.717) is 24.1 Å². The van der Waals surface area contributed by atoms with Crippen LogP contribution in [0.1, 0.15) is 23.7 Å². The minimum absolute atomic E-state index is 0.391. The fourth-order valence-corrected chi connectivity index (χ4v) is 2.09. The van der Waals surface area contributed by atoms with E-state index in [4.69, 9.17) is 10.5 Å². The largest absolute Gasteiger partial charge is 0.497 e. The van der Waals surface area contributed by atoms with Gasteiger partial charge in [0.1, 0.15) is 11.6 Å². The zero-order valence-corrected chi connectivity index (χ0v) is 11.3. The summed E-state index contributed by atoms with van der Waals surface area (Å²) in [6.07, 6.45) is 0.397. The standard InChI is InChI=1S/C16H18FNO2/c1-20-13-6-2-11(3-7-13)4-9-16(19)14-10-12(17)5-8-15(14)18/h2-3,5-8,10,16,19H,4,9,18H2,1H3. The zero-order valence-electron chi connectivity index (χ0n) is 11.3. The molecule has 106 valence electrons. The predicted octanol–water partition coefficient (Wildman–Crippen LogP) is 3.08. The summed E-state index contributed by atoms with van der Waals surface area (Å²) in [7, 11) is 1.62. The predicted molar refractivity (Wildman–Crippen MR) is 77.1 cm³/mol. The summed E-state index contributed by atoms with van der Waals surface area (Å²) >= 11 is 0. The van der Waals surface area contributed by atoms with Crippen LogP contribution < -0.4 is 10.5 Å². The number of rotatable bonds is 5. The van der Waals surface area contributed by atoms with Gasteiger partial charge >= 0.3 is 0 Å². The minimum atomic E-state index is -0.771. The van der Waals surface area contributed by atoms with Crippen molar-refractivity contribution in [2.45, 2.75) is 18.9 Å². The van der Waals surface area contributed by atoms with Crippen molar-refractivity contribution in [1.82, 2.24) is 0 Å². The lowest BCUT2D eigenvalue weighted by atomic mass is 10.00. The van der Waals surface area contributed by atoms with Crippen LogP contribution in [0.25, 0.3) is 0 Å². The minimum Gasteiger partial charge on any atom is -0.497 e. The maximum Gasteiger partial charge on any atom is 0.123 e. The van der Waals surface area contributed by atoms with Crippen molar-refractivity contribution in [2.75, 3.05) is 12.8 Å². The third-order valence-electron chi connectivity index (χ3n) is 3.27. The lowest BCUT2D eigenvalue weighted by Gasteiger charge is -2.13. The van der Waals surface area contributed by atoms with Crippen LogP contribution in [0.2, 0.25) is 0 Å². The highest BCUT2D eigenvalue weighted by Gasteiger charge is 2.12. The van der Waals surface area contributed by atoms with Gasteiger partial charge in [-0.3, -0.25) is 0 Å². The first-order valence-electron chi connectivity index (χ1n) is 6.46. The number of methoxy groups -OCH3 is 1. The number of aliphatic hydroxyl groups is 1. The fraction of sp³-hybridized carbons (Fsp3) is 0.250. The molecule has 0 aliphatic carbocycles. The average molecular weight is 275 g/mol. The molecule has 0 bridgehead atoms. The van der Waals surface area contributed by atoms with E-state index in [2.05, 4.69) is 0 Å². The van der Waals surface area contributed by atoms with Crippen LogP contribution in [0.3, 0.4) is 0 Å². The van der Waals surface area contributed by atoms with Gasteiger partial charge in [-0.25, -0.2) is 4.39 Å². The van der Waals surface area contributed by atoms with E-state index in [1.165, 1.54) is 18.2 Å². The number of hydrogen-bond acceptors (Lipinski definition) is 3. The highest BCUT2D eigenvalue weighted by atomic mass is 19.1. The highest BCUT2D eigenvalue weighted by Crippen LogP contribution is 2.25. The maximum absolute atomic E-state index is 13.2. The van der Waals surface area contributed by atoms with Crippen molar-refractivity contribution in [2.24, 2.45) is 0 Å². The molecule has 0 spiro atoms. The Labute approximate surface area is 117 Å². The zero-order chi connectivity index (χ0) is 14.5.